The van der Waals surface area contributed by atoms with Crippen LogP contribution < -0.4 is 10.6 Å². The van der Waals surface area contributed by atoms with Crippen molar-refractivity contribution in [3.63, 3.8) is 0 Å². The maximum absolute atomic E-state index is 13.0. The second-order valence-corrected chi connectivity index (χ2v) is 4.49. The van der Waals surface area contributed by atoms with Crippen LogP contribution in [-0.2, 0) is 0 Å². The molecule has 6 heteroatoms. The zero-order chi connectivity index (χ0) is 14.8. The first-order chi connectivity index (χ1) is 10.1. The number of fused-ring (bicyclic) bond motifs is 1. The van der Waals surface area contributed by atoms with Crippen molar-refractivity contribution in [2.75, 3.05) is 10.6 Å². The Morgan fingerprint density at radius 3 is 2.38 bits per heavy atom. The number of anilines is 2. The lowest BCUT2D eigenvalue weighted by molar-refractivity contribution is 0.262. The number of carbonyl (C=O) groups excluding carboxylic acids is 1. The molecule has 0 aliphatic heterocycles. The van der Waals surface area contributed by atoms with Crippen LogP contribution in [0.2, 0.25) is 0 Å². The summed E-state index contributed by atoms with van der Waals surface area (Å²) in [6.07, 6.45) is 1.80. The van der Waals surface area contributed by atoms with E-state index in [2.05, 4.69) is 15.6 Å². The number of rotatable bonds is 2. The predicted molar refractivity (Wildman–Crippen MR) is 77.3 cm³/mol. The van der Waals surface area contributed by atoms with Crippen molar-refractivity contribution in [1.82, 2.24) is 4.98 Å². The molecule has 3 rings (SSSR count). The Kier molecular flexibility index (Phi) is 3.27. The first-order valence-corrected chi connectivity index (χ1v) is 6.22. The van der Waals surface area contributed by atoms with Gasteiger partial charge in [-0.25, -0.2) is 13.6 Å². The van der Waals surface area contributed by atoms with Gasteiger partial charge in [-0.15, -0.1) is 0 Å². The van der Waals surface area contributed by atoms with E-state index in [0.29, 0.717) is 5.69 Å². The molecule has 0 bridgehead atoms. The van der Waals surface area contributed by atoms with Crippen LogP contribution in [0.25, 0.3) is 10.9 Å². The highest BCUT2D eigenvalue weighted by atomic mass is 19.2. The van der Waals surface area contributed by atoms with Crippen LogP contribution in [0.3, 0.4) is 0 Å². The Labute approximate surface area is 118 Å². The molecule has 1 aromatic heterocycles. The summed E-state index contributed by atoms with van der Waals surface area (Å²) in [6, 6.07) is 9.89. The second kappa shape index (κ2) is 5.24. The van der Waals surface area contributed by atoms with Crippen LogP contribution in [0.4, 0.5) is 25.0 Å². The summed E-state index contributed by atoms with van der Waals surface area (Å²) in [7, 11) is 0. The fourth-order valence-corrected chi connectivity index (χ4v) is 2.00. The molecule has 3 N–H and O–H groups in total. The van der Waals surface area contributed by atoms with Crippen LogP contribution in [0, 0.1) is 11.6 Å². The highest BCUT2D eigenvalue weighted by molar-refractivity contribution is 6.00. The van der Waals surface area contributed by atoms with Crippen molar-refractivity contribution >= 4 is 28.3 Å². The number of halogens is 2. The van der Waals surface area contributed by atoms with E-state index in [1.807, 2.05) is 12.1 Å². The number of benzene rings is 2. The predicted octanol–water partition coefficient (Wildman–Crippen LogP) is 4.09. The van der Waals surface area contributed by atoms with Crippen LogP contribution in [0.5, 0.6) is 0 Å². The Hall–Kier alpha value is -2.89. The molecule has 2 aromatic carbocycles. The molecule has 106 valence electrons. The third-order valence-corrected chi connectivity index (χ3v) is 2.99. The van der Waals surface area contributed by atoms with E-state index in [-0.39, 0.29) is 5.69 Å². The Morgan fingerprint density at radius 2 is 1.62 bits per heavy atom. The van der Waals surface area contributed by atoms with E-state index < -0.39 is 17.7 Å². The van der Waals surface area contributed by atoms with Crippen molar-refractivity contribution in [1.29, 1.82) is 0 Å². The lowest BCUT2D eigenvalue weighted by Gasteiger charge is -2.08. The van der Waals surface area contributed by atoms with E-state index >= 15 is 0 Å². The number of carbonyl (C=O) groups is 1. The summed E-state index contributed by atoms with van der Waals surface area (Å²) in [5.74, 6) is -1.97. The molecule has 3 aromatic rings. The van der Waals surface area contributed by atoms with Crippen LogP contribution in [0.1, 0.15) is 0 Å². The lowest BCUT2D eigenvalue weighted by atomic mass is 10.2. The van der Waals surface area contributed by atoms with Gasteiger partial charge < -0.3 is 15.6 Å². The molecule has 0 aliphatic carbocycles. The van der Waals surface area contributed by atoms with Gasteiger partial charge in [-0.05, 0) is 36.4 Å². The second-order valence-electron chi connectivity index (χ2n) is 4.49. The topological polar surface area (TPSA) is 56.9 Å². The monoisotopic (exact) mass is 287 g/mol. The molecule has 0 saturated heterocycles. The van der Waals surface area contributed by atoms with Gasteiger partial charge in [-0.1, -0.05) is 0 Å². The number of hydrogen-bond donors (Lipinski definition) is 3. The smallest absolute Gasteiger partial charge is 0.323 e. The van der Waals surface area contributed by atoms with Gasteiger partial charge in [0.2, 0.25) is 0 Å². The Morgan fingerprint density at radius 1 is 0.905 bits per heavy atom. The molecular weight excluding hydrogens is 276 g/mol. The van der Waals surface area contributed by atoms with Crippen LogP contribution in [-0.4, -0.2) is 11.0 Å². The van der Waals surface area contributed by atoms with Gasteiger partial charge in [0.1, 0.15) is 0 Å². The minimum absolute atomic E-state index is 0.175. The number of H-pyrrole nitrogens is 1. The maximum atomic E-state index is 13.0. The van der Waals surface area contributed by atoms with Gasteiger partial charge >= 0.3 is 6.03 Å². The maximum Gasteiger partial charge on any atom is 0.323 e. The van der Waals surface area contributed by atoms with Gasteiger partial charge in [0.05, 0.1) is 0 Å². The van der Waals surface area contributed by atoms with E-state index in [1.54, 1.807) is 18.3 Å². The molecule has 0 atom stereocenters. The fraction of sp³-hybridized carbons (Fsp3) is 0. The molecule has 2 amide bonds. The average Bonchev–Trinajstić information content (AvgIpc) is 2.90. The summed E-state index contributed by atoms with van der Waals surface area (Å²) in [4.78, 5) is 14.9. The van der Waals surface area contributed by atoms with Gasteiger partial charge in [-0.3, -0.25) is 0 Å². The Bertz CT molecular complexity index is 814. The highest BCUT2D eigenvalue weighted by Gasteiger charge is 2.07. The summed E-state index contributed by atoms with van der Waals surface area (Å²) in [6.45, 7) is 0. The number of amides is 2. The van der Waals surface area contributed by atoms with Crippen molar-refractivity contribution in [3.8, 4) is 0 Å². The van der Waals surface area contributed by atoms with E-state index in [1.165, 1.54) is 6.07 Å². The van der Waals surface area contributed by atoms with Crippen LogP contribution in [0.15, 0.2) is 48.7 Å². The molecule has 0 saturated carbocycles. The number of urea groups is 1. The third kappa shape index (κ3) is 2.84. The van der Waals surface area contributed by atoms with E-state index in [0.717, 1.165) is 23.0 Å². The summed E-state index contributed by atoms with van der Waals surface area (Å²) >= 11 is 0. The van der Waals surface area contributed by atoms with Crippen LogP contribution >= 0.6 is 0 Å². The number of hydrogen-bond acceptors (Lipinski definition) is 1. The molecule has 1 heterocycles. The molecule has 0 spiro atoms. The molecule has 4 nitrogen and oxygen atoms in total. The summed E-state index contributed by atoms with van der Waals surface area (Å²) < 4.78 is 25.8. The quantitative estimate of drug-likeness (QED) is 0.653. The normalized spacial score (nSPS) is 10.6. The summed E-state index contributed by atoms with van der Waals surface area (Å²) in [5.41, 5.74) is 1.73. The number of aromatic nitrogens is 1. The fourth-order valence-electron chi connectivity index (χ4n) is 2.00. The van der Waals surface area contributed by atoms with Gasteiger partial charge in [0.15, 0.2) is 11.6 Å². The molecule has 0 radical (unpaired) electrons. The SMILES string of the molecule is O=C(Nc1ccc(F)c(F)c1)Nc1ccc2[nH]ccc2c1. The van der Waals surface area contributed by atoms with Crippen molar-refractivity contribution < 1.29 is 13.6 Å². The molecule has 21 heavy (non-hydrogen) atoms. The zero-order valence-electron chi connectivity index (χ0n) is 10.8. The molecular formula is C15H11F2N3O. The lowest BCUT2D eigenvalue weighted by Crippen LogP contribution is -2.19. The largest absolute Gasteiger partial charge is 0.361 e. The minimum Gasteiger partial charge on any atom is -0.361 e. The van der Waals surface area contributed by atoms with Gasteiger partial charge in [-0.2, -0.15) is 0 Å². The Balaban J connectivity index is 1.71. The molecule has 0 fully saturated rings. The molecule has 0 unspecified atom stereocenters. The first kappa shape index (κ1) is 13.1. The van der Waals surface area contributed by atoms with E-state index in [9.17, 15) is 13.6 Å². The van der Waals surface area contributed by atoms with Crippen molar-refractivity contribution in [2.45, 2.75) is 0 Å². The van der Waals surface area contributed by atoms with Crippen molar-refractivity contribution in [3.05, 3.63) is 60.3 Å². The van der Waals surface area contributed by atoms with Crippen molar-refractivity contribution in [2.24, 2.45) is 0 Å². The van der Waals surface area contributed by atoms with Gasteiger partial charge in [0.25, 0.3) is 0 Å². The highest BCUT2D eigenvalue weighted by Crippen LogP contribution is 2.18. The first-order valence-electron chi connectivity index (χ1n) is 6.22. The number of nitrogens with one attached hydrogen (secondary N) is 3. The summed E-state index contributed by atoms with van der Waals surface area (Å²) in [5, 5.41) is 6.02. The zero-order valence-corrected chi connectivity index (χ0v) is 10.8. The minimum atomic E-state index is -1.01. The average molecular weight is 287 g/mol. The van der Waals surface area contributed by atoms with Gasteiger partial charge in [0, 0.05) is 34.5 Å². The third-order valence-electron chi connectivity index (χ3n) is 2.99. The van der Waals surface area contributed by atoms with E-state index in [4.69, 9.17) is 0 Å². The molecule has 0 aliphatic rings. The number of aromatic amines is 1. The standard InChI is InChI=1S/C15H11F2N3O/c16-12-3-1-11(8-13(12)17)20-15(21)19-10-2-4-14-9(7-10)5-6-18-14/h1-8,18H,(H2,19,20,21).